The van der Waals surface area contributed by atoms with Gasteiger partial charge in [-0.3, -0.25) is 4.79 Å². The summed E-state index contributed by atoms with van der Waals surface area (Å²) in [6, 6.07) is 20.2. The van der Waals surface area contributed by atoms with Gasteiger partial charge in [-0.25, -0.2) is 4.98 Å². The van der Waals surface area contributed by atoms with E-state index >= 15 is 0 Å². The van der Waals surface area contributed by atoms with Crippen molar-refractivity contribution in [3.8, 4) is 5.88 Å². The molecule has 1 aromatic heterocycles. The van der Waals surface area contributed by atoms with E-state index in [0.717, 1.165) is 49.0 Å². The Hall–Kier alpha value is -3.44. The highest BCUT2D eigenvalue weighted by atomic mass is 16.5. The largest absolute Gasteiger partial charge is 0.478 e. The number of aromatic nitrogens is 1. The lowest BCUT2D eigenvalue weighted by Crippen LogP contribution is -2.25. The maximum absolute atomic E-state index is 13.2. The molecule has 35 heavy (non-hydrogen) atoms. The Morgan fingerprint density at radius 1 is 1.11 bits per heavy atom. The van der Waals surface area contributed by atoms with Crippen LogP contribution in [0, 0.1) is 5.92 Å². The first-order valence-electron chi connectivity index (χ1n) is 12.4. The number of allylic oxidation sites excluding steroid dienone is 1. The average Bonchev–Trinajstić information content (AvgIpc) is 2.91. The maximum Gasteiger partial charge on any atom is 0.309 e. The summed E-state index contributed by atoms with van der Waals surface area (Å²) in [7, 11) is 0. The van der Waals surface area contributed by atoms with Crippen molar-refractivity contribution >= 4 is 5.97 Å². The monoisotopic (exact) mass is 470 g/mol. The van der Waals surface area contributed by atoms with Gasteiger partial charge in [-0.2, -0.15) is 0 Å². The maximum atomic E-state index is 13.2. The van der Waals surface area contributed by atoms with E-state index in [1.807, 2.05) is 61.7 Å². The van der Waals surface area contributed by atoms with Crippen LogP contribution in [-0.2, 0) is 29.1 Å². The number of benzene rings is 2. The molecule has 0 spiro atoms. The number of carbonyl (C=O) groups is 1. The molecule has 0 bridgehead atoms. The third-order valence-electron chi connectivity index (χ3n) is 6.49. The fourth-order valence-corrected chi connectivity index (χ4v) is 4.53. The molecule has 0 saturated carbocycles. The first-order valence-corrected chi connectivity index (χ1v) is 12.4. The van der Waals surface area contributed by atoms with Crippen LogP contribution >= 0.6 is 0 Å². The number of pyridine rings is 1. The lowest BCUT2D eigenvalue weighted by Gasteiger charge is -2.26. The number of ether oxygens (including phenoxy) is 2. The first kappa shape index (κ1) is 24.7. The second-order valence-corrected chi connectivity index (χ2v) is 9.02. The standard InChI is InChI=1S/C30H34N2O3/c1-3-4-8-17-34-28-14-13-26(20-32-28)29(25-12-11-24-15-16-31-19-27(24)18-25)22(2)30(33)35-21-23-9-6-5-7-10-23/h3,5-7,9-14,18,20,22,29,31H,1,4,8,15-17,19,21H2,2H3. The number of hydrogen-bond acceptors (Lipinski definition) is 5. The van der Waals surface area contributed by atoms with Crippen LogP contribution in [-0.4, -0.2) is 24.1 Å². The van der Waals surface area contributed by atoms with Crippen LogP contribution in [0.15, 0.2) is 79.5 Å². The molecule has 2 unspecified atom stereocenters. The minimum atomic E-state index is -0.380. The summed E-state index contributed by atoms with van der Waals surface area (Å²) in [4.78, 5) is 17.7. The Balaban J connectivity index is 1.55. The molecule has 0 saturated heterocycles. The number of esters is 1. The van der Waals surface area contributed by atoms with E-state index in [1.165, 1.54) is 11.1 Å². The lowest BCUT2D eigenvalue weighted by atomic mass is 9.81. The molecule has 0 fully saturated rings. The van der Waals surface area contributed by atoms with Gasteiger partial charge in [0.25, 0.3) is 0 Å². The third kappa shape index (κ3) is 6.58. The third-order valence-corrected chi connectivity index (χ3v) is 6.49. The number of nitrogens with one attached hydrogen (secondary N) is 1. The van der Waals surface area contributed by atoms with Crippen molar-refractivity contribution in [1.29, 1.82) is 0 Å². The number of carbonyl (C=O) groups excluding carboxylic acids is 1. The fraction of sp³-hybridized carbons (Fsp3) is 0.333. The van der Waals surface area contributed by atoms with Crippen molar-refractivity contribution in [3.05, 3.63) is 107 Å². The van der Waals surface area contributed by atoms with Crippen LogP contribution in [0.1, 0.15) is 53.5 Å². The quantitative estimate of drug-likeness (QED) is 0.225. The Kier molecular flexibility index (Phi) is 8.68. The van der Waals surface area contributed by atoms with E-state index in [9.17, 15) is 4.79 Å². The van der Waals surface area contributed by atoms with Gasteiger partial charge < -0.3 is 14.8 Å². The SMILES string of the molecule is C=CCCCOc1ccc(C(c2ccc3c(c2)CNCC3)C(C)C(=O)OCc2ccccc2)cn1. The summed E-state index contributed by atoms with van der Waals surface area (Å²) >= 11 is 0. The highest BCUT2D eigenvalue weighted by molar-refractivity contribution is 5.74. The van der Waals surface area contributed by atoms with E-state index < -0.39 is 0 Å². The molecule has 5 heteroatoms. The molecule has 1 aliphatic rings. The molecule has 1 N–H and O–H groups in total. The Morgan fingerprint density at radius 3 is 2.71 bits per heavy atom. The Bertz CT molecular complexity index is 1110. The van der Waals surface area contributed by atoms with E-state index in [1.54, 1.807) is 0 Å². The number of fused-ring (bicyclic) bond motifs is 1. The van der Waals surface area contributed by atoms with Gasteiger partial charge >= 0.3 is 5.97 Å². The zero-order valence-corrected chi connectivity index (χ0v) is 20.4. The number of nitrogens with zero attached hydrogens (tertiary/aromatic N) is 1. The van der Waals surface area contributed by atoms with Gasteiger partial charge in [0, 0.05) is 24.7 Å². The molecule has 0 amide bonds. The van der Waals surface area contributed by atoms with Gasteiger partial charge in [-0.1, -0.05) is 67.6 Å². The van der Waals surface area contributed by atoms with Gasteiger partial charge in [-0.05, 0) is 53.6 Å². The summed E-state index contributed by atoms with van der Waals surface area (Å²) in [6.07, 6.45) is 6.55. The van der Waals surface area contributed by atoms with Crippen LogP contribution in [0.4, 0.5) is 0 Å². The fourth-order valence-electron chi connectivity index (χ4n) is 4.53. The van der Waals surface area contributed by atoms with Gasteiger partial charge in [0.1, 0.15) is 6.61 Å². The predicted octanol–water partition coefficient (Wildman–Crippen LogP) is 5.58. The summed E-state index contributed by atoms with van der Waals surface area (Å²) in [5, 5.41) is 3.45. The number of rotatable bonds is 11. The van der Waals surface area contributed by atoms with Crippen molar-refractivity contribution in [3.63, 3.8) is 0 Å². The molecule has 1 aliphatic heterocycles. The summed E-state index contributed by atoms with van der Waals surface area (Å²) in [5.41, 5.74) is 5.70. The molecular weight excluding hydrogens is 436 g/mol. The molecule has 2 atom stereocenters. The molecule has 0 aliphatic carbocycles. The minimum Gasteiger partial charge on any atom is -0.478 e. The normalized spacial score (nSPS) is 14.4. The van der Waals surface area contributed by atoms with Crippen molar-refractivity contribution in [1.82, 2.24) is 10.3 Å². The summed E-state index contributed by atoms with van der Waals surface area (Å²) in [6.45, 7) is 8.39. The van der Waals surface area contributed by atoms with Crippen molar-refractivity contribution in [2.24, 2.45) is 5.92 Å². The Morgan fingerprint density at radius 2 is 1.94 bits per heavy atom. The van der Waals surface area contributed by atoms with Gasteiger partial charge in [0.15, 0.2) is 0 Å². The molecule has 2 heterocycles. The average molecular weight is 471 g/mol. The molecular formula is C30H34N2O3. The zero-order chi connectivity index (χ0) is 24.5. The molecule has 3 aromatic rings. The topological polar surface area (TPSA) is 60.5 Å². The highest BCUT2D eigenvalue weighted by Crippen LogP contribution is 2.35. The zero-order valence-electron chi connectivity index (χ0n) is 20.4. The van der Waals surface area contributed by atoms with Gasteiger partial charge in [0.2, 0.25) is 5.88 Å². The first-order chi connectivity index (χ1) is 17.2. The minimum absolute atomic E-state index is 0.173. The smallest absolute Gasteiger partial charge is 0.309 e. The van der Waals surface area contributed by atoms with Gasteiger partial charge in [0.05, 0.1) is 12.5 Å². The number of unbranched alkanes of at least 4 members (excludes halogenated alkanes) is 1. The highest BCUT2D eigenvalue weighted by Gasteiger charge is 2.29. The van der Waals surface area contributed by atoms with Crippen LogP contribution in [0.3, 0.4) is 0 Å². The van der Waals surface area contributed by atoms with E-state index in [2.05, 4.69) is 35.1 Å². The second-order valence-electron chi connectivity index (χ2n) is 9.02. The van der Waals surface area contributed by atoms with Crippen LogP contribution in [0.25, 0.3) is 0 Å². The van der Waals surface area contributed by atoms with Crippen LogP contribution < -0.4 is 10.1 Å². The van der Waals surface area contributed by atoms with Crippen LogP contribution in [0.5, 0.6) is 5.88 Å². The van der Waals surface area contributed by atoms with Crippen molar-refractivity contribution < 1.29 is 14.3 Å². The Labute approximate surface area is 208 Å². The van der Waals surface area contributed by atoms with Crippen molar-refractivity contribution in [2.45, 2.75) is 45.3 Å². The molecule has 0 radical (unpaired) electrons. The second kappa shape index (κ2) is 12.3. The lowest BCUT2D eigenvalue weighted by molar-refractivity contribution is -0.149. The predicted molar refractivity (Wildman–Crippen MR) is 138 cm³/mol. The number of hydrogen-bond donors (Lipinski definition) is 1. The molecule has 4 rings (SSSR count). The summed E-state index contributed by atoms with van der Waals surface area (Å²) < 4.78 is 11.5. The van der Waals surface area contributed by atoms with Gasteiger partial charge in [-0.15, -0.1) is 6.58 Å². The van der Waals surface area contributed by atoms with E-state index in [-0.39, 0.29) is 24.4 Å². The van der Waals surface area contributed by atoms with Crippen LogP contribution in [0.2, 0.25) is 0 Å². The van der Waals surface area contributed by atoms with E-state index in [4.69, 9.17) is 9.47 Å². The molecule has 182 valence electrons. The summed E-state index contributed by atoms with van der Waals surface area (Å²) in [5.74, 6) is -0.188. The van der Waals surface area contributed by atoms with Crippen molar-refractivity contribution in [2.75, 3.05) is 13.2 Å². The molecule has 2 aromatic carbocycles. The van der Waals surface area contributed by atoms with E-state index in [0.29, 0.717) is 12.5 Å². The molecule has 5 nitrogen and oxygen atoms in total.